The molecule has 0 amide bonds. The number of aromatic nitrogens is 1. The number of piperidine rings is 1. The molecule has 1 fully saturated rings. The molecular formula is C17H21ClN2. The van der Waals surface area contributed by atoms with Gasteiger partial charge in [-0.05, 0) is 37.8 Å². The van der Waals surface area contributed by atoms with Crippen LogP contribution in [0.25, 0.3) is 10.9 Å². The first-order valence-corrected chi connectivity index (χ1v) is 7.93. The molecule has 1 aromatic heterocycles. The maximum atomic E-state index is 6.02. The van der Waals surface area contributed by atoms with Crippen LogP contribution < -0.4 is 4.90 Å². The molecule has 1 aliphatic heterocycles. The summed E-state index contributed by atoms with van der Waals surface area (Å²) in [6.45, 7) is 5.78. The number of hydrogen-bond donors (Lipinski definition) is 0. The lowest BCUT2D eigenvalue weighted by Gasteiger charge is -2.39. The second-order valence-electron chi connectivity index (χ2n) is 5.97. The van der Waals surface area contributed by atoms with Crippen LogP contribution >= 0.6 is 11.6 Å². The smallest absolute Gasteiger partial charge is 0.0726 e. The highest BCUT2D eigenvalue weighted by molar-refractivity contribution is 6.17. The fraction of sp³-hybridized carbons (Fsp3) is 0.471. The summed E-state index contributed by atoms with van der Waals surface area (Å²) >= 11 is 6.02. The van der Waals surface area contributed by atoms with Gasteiger partial charge in [-0.2, -0.15) is 0 Å². The normalized spacial score (nSPS) is 23.2. The number of fused-ring (bicyclic) bond motifs is 1. The Morgan fingerprint density at radius 2 is 2.05 bits per heavy atom. The van der Waals surface area contributed by atoms with Crippen molar-refractivity contribution in [2.24, 2.45) is 5.92 Å². The Labute approximate surface area is 125 Å². The summed E-state index contributed by atoms with van der Waals surface area (Å²) in [6.07, 6.45) is 2.58. The van der Waals surface area contributed by atoms with Crippen molar-refractivity contribution in [3.8, 4) is 0 Å². The molecule has 0 bridgehead atoms. The summed E-state index contributed by atoms with van der Waals surface area (Å²) in [6, 6.07) is 11.1. The van der Waals surface area contributed by atoms with Crippen LogP contribution in [0.4, 0.5) is 5.69 Å². The zero-order chi connectivity index (χ0) is 14.1. The average molecular weight is 289 g/mol. The lowest BCUT2D eigenvalue weighted by Crippen LogP contribution is -2.41. The molecule has 0 aliphatic carbocycles. The number of rotatable bonds is 2. The molecule has 0 radical (unpaired) electrons. The van der Waals surface area contributed by atoms with Gasteiger partial charge in [0, 0.05) is 23.7 Å². The van der Waals surface area contributed by atoms with Crippen LogP contribution in [0, 0.1) is 5.92 Å². The second kappa shape index (κ2) is 5.61. The van der Waals surface area contributed by atoms with E-state index in [1.807, 2.05) is 6.07 Å². The molecule has 0 N–H and O–H groups in total. The number of halogens is 1. The SMILES string of the molecule is CC1CCC(C)N(c2cc(CCl)nc3ccccc23)C1. The van der Waals surface area contributed by atoms with Crippen molar-refractivity contribution in [3.05, 3.63) is 36.0 Å². The first kappa shape index (κ1) is 13.7. The Morgan fingerprint density at radius 1 is 1.25 bits per heavy atom. The monoisotopic (exact) mass is 288 g/mol. The summed E-state index contributed by atoms with van der Waals surface area (Å²) in [5.41, 5.74) is 3.31. The molecule has 2 nitrogen and oxygen atoms in total. The van der Waals surface area contributed by atoms with Gasteiger partial charge in [-0.25, -0.2) is 0 Å². The number of nitrogens with zero attached hydrogens (tertiary/aromatic N) is 2. The molecule has 106 valence electrons. The third-order valence-electron chi connectivity index (χ3n) is 4.31. The molecule has 1 aliphatic rings. The van der Waals surface area contributed by atoms with E-state index in [2.05, 4.69) is 48.0 Å². The lowest BCUT2D eigenvalue weighted by atomic mass is 9.94. The van der Waals surface area contributed by atoms with E-state index >= 15 is 0 Å². The van der Waals surface area contributed by atoms with Gasteiger partial charge in [0.05, 0.1) is 17.1 Å². The predicted molar refractivity (Wildman–Crippen MR) is 86.5 cm³/mol. The van der Waals surface area contributed by atoms with E-state index in [4.69, 9.17) is 11.6 Å². The van der Waals surface area contributed by atoms with Crippen molar-refractivity contribution in [2.75, 3.05) is 11.4 Å². The van der Waals surface area contributed by atoms with E-state index in [0.717, 1.165) is 23.7 Å². The van der Waals surface area contributed by atoms with E-state index in [-0.39, 0.29) is 0 Å². The van der Waals surface area contributed by atoms with E-state index in [1.165, 1.54) is 23.9 Å². The zero-order valence-corrected chi connectivity index (χ0v) is 12.9. The van der Waals surface area contributed by atoms with Gasteiger partial charge in [0.2, 0.25) is 0 Å². The summed E-state index contributed by atoms with van der Waals surface area (Å²) in [5.74, 6) is 1.22. The largest absolute Gasteiger partial charge is 0.368 e. The third-order valence-corrected chi connectivity index (χ3v) is 4.59. The lowest BCUT2D eigenvalue weighted by molar-refractivity contribution is 0.391. The van der Waals surface area contributed by atoms with Crippen molar-refractivity contribution < 1.29 is 0 Å². The maximum absolute atomic E-state index is 6.02. The molecule has 0 saturated carbocycles. The molecule has 2 unspecified atom stereocenters. The van der Waals surface area contributed by atoms with Gasteiger partial charge >= 0.3 is 0 Å². The van der Waals surface area contributed by atoms with E-state index in [0.29, 0.717) is 11.9 Å². The first-order valence-electron chi connectivity index (χ1n) is 7.40. The molecule has 0 spiro atoms. The Kier molecular flexibility index (Phi) is 3.84. The standard InChI is InChI=1S/C17H21ClN2/c1-12-7-8-13(2)20(11-12)17-9-14(10-18)19-16-6-4-3-5-15(16)17/h3-6,9,12-13H,7-8,10-11H2,1-2H3. The van der Waals surface area contributed by atoms with Gasteiger partial charge in [0.25, 0.3) is 0 Å². The highest BCUT2D eigenvalue weighted by Gasteiger charge is 2.24. The van der Waals surface area contributed by atoms with Gasteiger partial charge in [0.1, 0.15) is 0 Å². The summed E-state index contributed by atoms with van der Waals surface area (Å²) in [7, 11) is 0. The van der Waals surface area contributed by atoms with Gasteiger partial charge in [-0.3, -0.25) is 4.98 Å². The molecule has 2 atom stereocenters. The van der Waals surface area contributed by atoms with Crippen LogP contribution in [0.1, 0.15) is 32.4 Å². The van der Waals surface area contributed by atoms with Crippen molar-refractivity contribution >= 4 is 28.2 Å². The van der Waals surface area contributed by atoms with Gasteiger partial charge < -0.3 is 4.90 Å². The topological polar surface area (TPSA) is 16.1 Å². The Bertz CT molecular complexity index is 611. The predicted octanol–water partition coefficient (Wildman–Crippen LogP) is 4.60. The summed E-state index contributed by atoms with van der Waals surface area (Å²) < 4.78 is 0. The third kappa shape index (κ3) is 2.49. The molecule has 3 rings (SSSR count). The van der Waals surface area contributed by atoms with Crippen LogP contribution in [0.3, 0.4) is 0 Å². The zero-order valence-electron chi connectivity index (χ0n) is 12.1. The van der Waals surface area contributed by atoms with Crippen molar-refractivity contribution in [2.45, 2.75) is 38.6 Å². The number of hydrogen-bond acceptors (Lipinski definition) is 2. The van der Waals surface area contributed by atoms with Crippen molar-refractivity contribution in [1.29, 1.82) is 0 Å². The highest BCUT2D eigenvalue weighted by Crippen LogP contribution is 2.33. The van der Waals surface area contributed by atoms with Gasteiger partial charge in [0.15, 0.2) is 0 Å². The van der Waals surface area contributed by atoms with Crippen molar-refractivity contribution in [1.82, 2.24) is 4.98 Å². The van der Waals surface area contributed by atoms with E-state index < -0.39 is 0 Å². The van der Waals surface area contributed by atoms with Crippen LogP contribution in [-0.2, 0) is 5.88 Å². The van der Waals surface area contributed by atoms with E-state index in [9.17, 15) is 0 Å². The molecule has 2 heterocycles. The molecule has 20 heavy (non-hydrogen) atoms. The van der Waals surface area contributed by atoms with Crippen LogP contribution in [0.15, 0.2) is 30.3 Å². The van der Waals surface area contributed by atoms with Crippen LogP contribution in [0.2, 0.25) is 0 Å². The van der Waals surface area contributed by atoms with Gasteiger partial charge in [-0.15, -0.1) is 11.6 Å². The number of benzene rings is 1. The average Bonchev–Trinajstić information content (AvgIpc) is 2.48. The second-order valence-corrected chi connectivity index (χ2v) is 6.23. The fourth-order valence-corrected chi connectivity index (χ4v) is 3.28. The first-order chi connectivity index (χ1) is 9.69. The summed E-state index contributed by atoms with van der Waals surface area (Å²) in [4.78, 5) is 7.17. The minimum Gasteiger partial charge on any atom is -0.368 e. The fourth-order valence-electron chi connectivity index (χ4n) is 3.14. The highest BCUT2D eigenvalue weighted by atomic mass is 35.5. The number of alkyl halides is 1. The minimum absolute atomic E-state index is 0.468. The number of para-hydroxylation sites is 1. The van der Waals surface area contributed by atoms with Crippen LogP contribution in [-0.4, -0.2) is 17.6 Å². The molecular weight excluding hydrogens is 268 g/mol. The Balaban J connectivity index is 2.13. The molecule has 3 heteroatoms. The number of pyridine rings is 1. The van der Waals surface area contributed by atoms with Crippen molar-refractivity contribution in [3.63, 3.8) is 0 Å². The van der Waals surface area contributed by atoms with Gasteiger partial charge in [-0.1, -0.05) is 25.1 Å². The Hall–Kier alpha value is -1.28. The molecule has 1 aromatic carbocycles. The minimum atomic E-state index is 0.468. The Morgan fingerprint density at radius 3 is 2.85 bits per heavy atom. The number of anilines is 1. The summed E-state index contributed by atoms with van der Waals surface area (Å²) in [5, 5.41) is 1.24. The molecule has 1 saturated heterocycles. The van der Waals surface area contributed by atoms with E-state index in [1.54, 1.807) is 0 Å². The van der Waals surface area contributed by atoms with Crippen LogP contribution in [0.5, 0.6) is 0 Å². The maximum Gasteiger partial charge on any atom is 0.0726 e. The molecule has 2 aromatic rings. The quantitative estimate of drug-likeness (QED) is 0.751.